The zero-order valence-electron chi connectivity index (χ0n) is 9.62. The second-order valence-corrected chi connectivity index (χ2v) is 4.84. The largest absolute Gasteiger partial charge is 0.394 e. The van der Waals surface area contributed by atoms with Crippen LogP contribution < -0.4 is 11.1 Å². The lowest BCUT2D eigenvalue weighted by molar-refractivity contribution is -0.136. The van der Waals surface area contributed by atoms with Crippen molar-refractivity contribution in [1.82, 2.24) is 5.32 Å². The number of carbonyl (C=O) groups excluding carboxylic acids is 1. The van der Waals surface area contributed by atoms with Gasteiger partial charge in [0.15, 0.2) is 0 Å². The summed E-state index contributed by atoms with van der Waals surface area (Å²) in [6, 6.07) is -0.151. The molecule has 0 bridgehead atoms. The van der Waals surface area contributed by atoms with E-state index >= 15 is 0 Å². The van der Waals surface area contributed by atoms with E-state index in [-0.39, 0.29) is 29.9 Å². The molecule has 0 heterocycles. The Morgan fingerprint density at radius 1 is 1.53 bits per heavy atom. The number of hydrogen-bond donors (Lipinski definition) is 3. The zero-order chi connectivity index (χ0) is 11.5. The number of rotatable bonds is 5. The van der Waals surface area contributed by atoms with E-state index in [1.54, 1.807) is 0 Å². The van der Waals surface area contributed by atoms with E-state index in [0.717, 1.165) is 19.3 Å². The molecule has 0 aromatic rings. The first kappa shape index (κ1) is 12.5. The topological polar surface area (TPSA) is 75.3 Å². The Morgan fingerprint density at radius 2 is 2.13 bits per heavy atom. The molecule has 1 amide bonds. The average Bonchev–Trinajstić information content (AvgIpc) is 2.12. The van der Waals surface area contributed by atoms with Crippen molar-refractivity contribution >= 4 is 5.91 Å². The molecule has 1 rings (SSSR count). The van der Waals surface area contributed by atoms with E-state index in [2.05, 4.69) is 5.32 Å². The van der Waals surface area contributed by atoms with Crippen molar-refractivity contribution in [3.8, 4) is 0 Å². The highest BCUT2D eigenvalue weighted by Gasteiger charge is 2.43. The molecule has 1 atom stereocenters. The molecule has 0 saturated heterocycles. The minimum absolute atomic E-state index is 0.00986. The van der Waals surface area contributed by atoms with Gasteiger partial charge in [-0.15, -0.1) is 0 Å². The maximum absolute atomic E-state index is 11.9. The number of amides is 1. The van der Waals surface area contributed by atoms with Crippen LogP contribution in [0.3, 0.4) is 0 Å². The lowest BCUT2D eigenvalue weighted by Crippen LogP contribution is -2.54. The van der Waals surface area contributed by atoms with Gasteiger partial charge in [0.2, 0.25) is 5.91 Å². The van der Waals surface area contributed by atoms with Crippen molar-refractivity contribution in [2.24, 2.45) is 17.1 Å². The van der Waals surface area contributed by atoms with Gasteiger partial charge < -0.3 is 16.2 Å². The standard InChI is InChI=1S/C11H22N2O2/c1-8(2)9(6-14)13-10(15)11(7-12)4-3-5-11/h8-9,14H,3-7,12H2,1-2H3,(H,13,15). The molecule has 15 heavy (non-hydrogen) atoms. The summed E-state index contributed by atoms with van der Waals surface area (Å²) in [5.41, 5.74) is 5.29. The lowest BCUT2D eigenvalue weighted by Gasteiger charge is -2.40. The molecule has 0 aromatic heterocycles. The Bertz CT molecular complexity index is 219. The number of aliphatic hydroxyl groups is 1. The van der Waals surface area contributed by atoms with Crippen LogP contribution in [0.25, 0.3) is 0 Å². The normalized spacial score (nSPS) is 20.9. The van der Waals surface area contributed by atoms with Gasteiger partial charge in [-0.2, -0.15) is 0 Å². The van der Waals surface area contributed by atoms with Gasteiger partial charge >= 0.3 is 0 Å². The van der Waals surface area contributed by atoms with E-state index in [4.69, 9.17) is 10.8 Å². The zero-order valence-corrected chi connectivity index (χ0v) is 9.62. The number of carbonyl (C=O) groups is 1. The van der Waals surface area contributed by atoms with Gasteiger partial charge in [0.25, 0.3) is 0 Å². The fourth-order valence-corrected chi connectivity index (χ4v) is 1.87. The molecule has 0 spiro atoms. The van der Waals surface area contributed by atoms with Gasteiger partial charge in [0.1, 0.15) is 0 Å². The highest BCUT2D eigenvalue weighted by Crippen LogP contribution is 2.40. The predicted molar refractivity (Wildman–Crippen MR) is 59.2 cm³/mol. The Kier molecular flexibility index (Phi) is 4.11. The molecule has 1 fully saturated rings. The Balaban J connectivity index is 2.53. The van der Waals surface area contributed by atoms with Gasteiger partial charge in [-0.1, -0.05) is 20.3 Å². The molecule has 4 N–H and O–H groups in total. The molecule has 0 aromatic carbocycles. The van der Waals surface area contributed by atoms with Gasteiger partial charge in [-0.25, -0.2) is 0 Å². The van der Waals surface area contributed by atoms with Crippen molar-refractivity contribution in [2.75, 3.05) is 13.2 Å². The molecule has 1 aliphatic carbocycles. The first-order valence-corrected chi connectivity index (χ1v) is 5.67. The molecule has 0 radical (unpaired) electrons. The second kappa shape index (κ2) is 4.94. The summed E-state index contributed by atoms with van der Waals surface area (Å²) >= 11 is 0. The number of aliphatic hydroxyl groups excluding tert-OH is 1. The Hall–Kier alpha value is -0.610. The van der Waals surface area contributed by atoms with Crippen molar-refractivity contribution in [3.63, 3.8) is 0 Å². The van der Waals surface area contributed by atoms with Crippen LogP contribution >= 0.6 is 0 Å². The average molecular weight is 214 g/mol. The molecule has 1 aliphatic rings. The maximum atomic E-state index is 11.9. The monoisotopic (exact) mass is 214 g/mol. The Morgan fingerprint density at radius 3 is 2.40 bits per heavy atom. The Labute approximate surface area is 91.2 Å². The fourth-order valence-electron chi connectivity index (χ4n) is 1.87. The van der Waals surface area contributed by atoms with E-state index in [1.165, 1.54) is 0 Å². The summed E-state index contributed by atoms with van der Waals surface area (Å²) < 4.78 is 0. The molecular formula is C11H22N2O2. The van der Waals surface area contributed by atoms with Gasteiger partial charge in [-0.3, -0.25) is 4.79 Å². The number of nitrogens with one attached hydrogen (secondary N) is 1. The smallest absolute Gasteiger partial charge is 0.227 e. The molecule has 88 valence electrons. The molecule has 1 unspecified atom stereocenters. The van der Waals surface area contributed by atoms with Crippen molar-refractivity contribution < 1.29 is 9.90 Å². The minimum Gasteiger partial charge on any atom is -0.394 e. The van der Waals surface area contributed by atoms with Crippen molar-refractivity contribution in [3.05, 3.63) is 0 Å². The summed E-state index contributed by atoms with van der Waals surface area (Å²) in [6.07, 6.45) is 2.84. The van der Waals surface area contributed by atoms with Gasteiger partial charge in [-0.05, 0) is 18.8 Å². The maximum Gasteiger partial charge on any atom is 0.227 e. The van der Waals surface area contributed by atoms with Crippen LogP contribution in [0.5, 0.6) is 0 Å². The molecular weight excluding hydrogens is 192 g/mol. The summed E-state index contributed by atoms with van der Waals surface area (Å²) in [5.74, 6) is 0.262. The van der Waals surface area contributed by atoms with Gasteiger partial charge in [0, 0.05) is 6.54 Å². The van der Waals surface area contributed by atoms with Crippen molar-refractivity contribution in [1.29, 1.82) is 0 Å². The van der Waals surface area contributed by atoms with E-state index in [9.17, 15) is 4.79 Å². The lowest BCUT2D eigenvalue weighted by atomic mass is 9.68. The van der Waals surface area contributed by atoms with Crippen LogP contribution in [0.2, 0.25) is 0 Å². The highest BCUT2D eigenvalue weighted by molar-refractivity contribution is 5.84. The third-order valence-corrected chi connectivity index (χ3v) is 3.50. The highest BCUT2D eigenvalue weighted by atomic mass is 16.3. The second-order valence-electron chi connectivity index (χ2n) is 4.84. The first-order chi connectivity index (χ1) is 7.05. The van der Waals surface area contributed by atoms with Crippen LogP contribution in [0.15, 0.2) is 0 Å². The minimum atomic E-state index is -0.345. The van der Waals surface area contributed by atoms with Crippen LogP contribution in [0.1, 0.15) is 33.1 Å². The van der Waals surface area contributed by atoms with Crippen LogP contribution in [-0.4, -0.2) is 30.2 Å². The number of hydrogen-bond acceptors (Lipinski definition) is 3. The third-order valence-electron chi connectivity index (χ3n) is 3.50. The van der Waals surface area contributed by atoms with E-state index in [0.29, 0.717) is 6.54 Å². The van der Waals surface area contributed by atoms with Crippen LogP contribution in [0, 0.1) is 11.3 Å². The first-order valence-electron chi connectivity index (χ1n) is 5.67. The summed E-state index contributed by atoms with van der Waals surface area (Å²) in [4.78, 5) is 11.9. The molecule has 0 aliphatic heterocycles. The van der Waals surface area contributed by atoms with E-state index < -0.39 is 0 Å². The van der Waals surface area contributed by atoms with Crippen molar-refractivity contribution in [2.45, 2.75) is 39.2 Å². The molecule has 1 saturated carbocycles. The third kappa shape index (κ3) is 2.49. The number of nitrogens with two attached hydrogens (primary N) is 1. The summed E-state index contributed by atoms with van der Waals surface area (Å²) in [5, 5.41) is 12.0. The van der Waals surface area contributed by atoms with Gasteiger partial charge in [0.05, 0.1) is 18.1 Å². The summed E-state index contributed by atoms with van der Waals surface area (Å²) in [6.45, 7) is 4.37. The van der Waals surface area contributed by atoms with Crippen LogP contribution in [-0.2, 0) is 4.79 Å². The molecule has 4 heteroatoms. The molecule has 4 nitrogen and oxygen atoms in total. The van der Waals surface area contributed by atoms with Crippen LogP contribution in [0.4, 0.5) is 0 Å². The SMILES string of the molecule is CC(C)C(CO)NC(=O)C1(CN)CCC1. The predicted octanol–water partition coefficient (Wildman–Crippen LogP) is 0.248. The summed E-state index contributed by atoms with van der Waals surface area (Å²) in [7, 11) is 0. The quantitative estimate of drug-likeness (QED) is 0.614. The van der Waals surface area contributed by atoms with E-state index in [1.807, 2.05) is 13.8 Å². The fraction of sp³-hybridized carbons (Fsp3) is 0.909.